The molecule has 0 saturated carbocycles. The molecule has 0 aliphatic carbocycles. The van der Waals surface area contributed by atoms with E-state index in [0.717, 1.165) is 44.4 Å². The van der Waals surface area contributed by atoms with Crippen LogP contribution in [0, 0.1) is 5.92 Å². The molecule has 164 valence electrons. The fourth-order valence-electron chi connectivity index (χ4n) is 2.46. The Morgan fingerprint density at radius 3 is 2.07 bits per heavy atom. The Labute approximate surface area is 174 Å². The third kappa shape index (κ3) is 19.6. The summed E-state index contributed by atoms with van der Waals surface area (Å²) in [6.07, 6.45) is 12.5. The summed E-state index contributed by atoms with van der Waals surface area (Å²) in [5, 5.41) is 4.17. The maximum atomic E-state index is 5.50. The number of hydrogen-bond donors (Lipinski definition) is 0. The Bertz CT molecular complexity index is 453. The third-order valence-corrected chi connectivity index (χ3v) is 4.44. The second-order valence-corrected chi connectivity index (χ2v) is 8.00. The van der Waals surface area contributed by atoms with Crippen LogP contribution in [0.3, 0.4) is 0 Å². The van der Waals surface area contributed by atoms with E-state index in [1.165, 1.54) is 24.0 Å². The van der Waals surface area contributed by atoms with Gasteiger partial charge < -0.3 is 14.3 Å². The van der Waals surface area contributed by atoms with Gasteiger partial charge in [0.1, 0.15) is 6.61 Å². The standard InChI is InChI=1S/C24H45NO3/c1-7-8-10-22(4)11-9-12-23(5)13-14-24(6)25-28-20-19-27-18-17-26-16-15-21(2)3/h10,12,21H,7-9,11,13-20H2,1-6H3/b22-10+,23-12+,25-24+. The Balaban J connectivity index is 3.66. The van der Waals surface area contributed by atoms with Gasteiger partial charge in [0, 0.05) is 6.61 Å². The maximum absolute atomic E-state index is 5.50. The van der Waals surface area contributed by atoms with Gasteiger partial charge in [-0.25, -0.2) is 0 Å². The molecule has 0 atom stereocenters. The van der Waals surface area contributed by atoms with Crippen LogP contribution in [0.25, 0.3) is 0 Å². The lowest BCUT2D eigenvalue weighted by atomic mass is 10.1. The van der Waals surface area contributed by atoms with Crippen molar-refractivity contribution in [3.63, 3.8) is 0 Å². The van der Waals surface area contributed by atoms with Gasteiger partial charge in [-0.3, -0.25) is 0 Å². The van der Waals surface area contributed by atoms with Crippen molar-refractivity contribution < 1.29 is 14.3 Å². The first-order chi connectivity index (χ1) is 13.5. The molecular formula is C24H45NO3. The van der Waals surface area contributed by atoms with Crippen LogP contribution in [0.1, 0.15) is 86.5 Å². The summed E-state index contributed by atoms with van der Waals surface area (Å²) in [7, 11) is 0. The summed E-state index contributed by atoms with van der Waals surface area (Å²) >= 11 is 0. The van der Waals surface area contributed by atoms with Crippen LogP contribution in [-0.2, 0) is 14.3 Å². The van der Waals surface area contributed by atoms with Crippen LogP contribution < -0.4 is 0 Å². The lowest BCUT2D eigenvalue weighted by molar-refractivity contribution is 0.0138. The number of unbranched alkanes of at least 4 members (excludes halogenated alkanes) is 1. The van der Waals surface area contributed by atoms with E-state index >= 15 is 0 Å². The molecule has 0 aliphatic rings. The van der Waals surface area contributed by atoms with Crippen LogP contribution in [0.4, 0.5) is 0 Å². The molecule has 0 aromatic carbocycles. The number of hydrogen-bond acceptors (Lipinski definition) is 4. The average molecular weight is 396 g/mol. The first-order valence-electron chi connectivity index (χ1n) is 11.1. The van der Waals surface area contributed by atoms with Gasteiger partial charge in [0.25, 0.3) is 0 Å². The lowest BCUT2D eigenvalue weighted by Gasteiger charge is -2.07. The summed E-state index contributed by atoms with van der Waals surface area (Å²) in [5.41, 5.74) is 3.96. The molecule has 0 fully saturated rings. The van der Waals surface area contributed by atoms with Crippen LogP contribution >= 0.6 is 0 Å². The molecule has 0 amide bonds. The highest BCUT2D eigenvalue weighted by molar-refractivity contribution is 5.81. The summed E-state index contributed by atoms with van der Waals surface area (Å²) in [6.45, 7) is 16.2. The first kappa shape index (κ1) is 26.9. The zero-order valence-electron chi connectivity index (χ0n) is 19.4. The van der Waals surface area contributed by atoms with E-state index in [9.17, 15) is 0 Å². The van der Waals surface area contributed by atoms with E-state index in [1.807, 2.05) is 6.92 Å². The molecular weight excluding hydrogens is 350 g/mol. The molecule has 0 aromatic heterocycles. The van der Waals surface area contributed by atoms with Crippen molar-refractivity contribution >= 4 is 5.71 Å². The lowest BCUT2D eigenvalue weighted by Crippen LogP contribution is -2.09. The van der Waals surface area contributed by atoms with Gasteiger partial charge in [0.05, 0.1) is 25.5 Å². The van der Waals surface area contributed by atoms with Crippen LogP contribution in [0.15, 0.2) is 28.5 Å². The quantitative estimate of drug-likeness (QED) is 0.112. The van der Waals surface area contributed by atoms with Gasteiger partial charge in [0.2, 0.25) is 0 Å². The largest absolute Gasteiger partial charge is 0.393 e. The molecule has 0 aromatic rings. The van der Waals surface area contributed by atoms with E-state index in [0.29, 0.717) is 32.3 Å². The fraction of sp³-hybridized carbons (Fsp3) is 0.792. The van der Waals surface area contributed by atoms with Crippen molar-refractivity contribution in [2.75, 3.05) is 33.0 Å². The molecule has 0 aliphatic heterocycles. The fourth-order valence-corrected chi connectivity index (χ4v) is 2.46. The topological polar surface area (TPSA) is 40.0 Å². The zero-order valence-corrected chi connectivity index (χ0v) is 19.4. The molecule has 0 bridgehead atoms. The molecule has 4 heteroatoms. The molecule has 0 spiro atoms. The van der Waals surface area contributed by atoms with Crippen molar-refractivity contribution in [3.05, 3.63) is 23.3 Å². The second-order valence-electron chi connectivity index (χ2n) is 8.00. The van der Waals surface area contributed by atoms with Crippen molar-refractivity contribution in [1.29, 1.82) is 0 Å². The summed E-state index contributed by atoms with van der Waals surface area (Å²) in [4.78, 5) is 5.33. The highest BCUT2D eigenvalue weighted by Gasteiger charge is 1.97. The summed E-state index contributed by atoms with van der Waals surface area (Å²) < 4.78 is 11.0. The average Bonchev–Trinajstić information content (AvgIpc) is 2.65. The second kappa shape index (κ2) is 19.2. The maximum Gasteiger partial charge on any atom is 0.140 e. The SMILES string of the molecule is CCC/C=C(\C)CC/C=C(\C)CC/C(C)=N/OCCOCCOCCC(C)C. The number of nitrogens with zero attached hydrogens (tertiary/aromatic N) is 1. The van der Waals surface area contributed by atoms with Crippen molar-refractivity contribution in [3.8, 4) is 0 Å². The number of oxime groups is 1. The Kier molecular flexibility index (Phi) is 18.4. The van der Waals surface area contributed by atoms with E-state index in [1.54, 1.807) is 0 Å². The van der Waals surface area contributed by atoms with Gasteiger partial charge in [-0.1, -0.05) is 55.6 Å². The number of allylic oxidation sites excluding steroid dienone is 4. The third-order valence-electron chi connectivity index (χ3n) is 4.44. The molecule has 0 heterocycles. The molecule has 0 rings (SSSR count). The van der Waals surface area contributed by atoms with E-state index < -0.39 is 0 Å². The Morgan fingerprint density at radius 1 is 0.786 bits per heavy atom. The molecule has 0 N–H and O–H groups in total. The minimum Gasteiger partial charge on any atom is -0.393 e. The van der Waals surface area contributed by atoms with E-state index in [-0.39, 0.29) is 0 Å². The normalized spacial score (nSPS) is 13.5. The predicted octanol–water partition coefficient (Wildman–Crippen LogP) is 6.71. The van der Waals surface area contributed by atoms with Gasteiger partial charge >= 0.3 is 0 Å². The van der Waals surface area contributed by atoms with Gasteiger partial charge in [-0.15, -0.1) is 0 Å². The first-order valence-corrected chi connectivity index (χ1v) is 11.1. The summed E-state index contributed by atoms with van der Waals surface area (Å²) in [6, 6.07) is 0. The summed E-state index contributed by atoms with van der Waals surface area (Å²) in [5.74, 6) is 0.687. The van der Waals surface area contributed by atoms with Gasteiger partial charge in [-0.2, -0.15) is 0 Å². The Hall–Kier alpha value is -1.13. The van der Waals surface area contributed by atoms with E-state index in [4.69, 9.17) is 14.3 Å². The van der Waals surface area contributed by atoms with Gasteiger partial charge in [0.15, 0.2) is 0 Å². The molecule has 28 heavy (non-hydrogen) atoms. The van der Waals surface area contributed by atoms with Crippen LogP contribution in [-0.4, -0.2) is 38.7 Å². The predicted molar refractivity (Wildman–Crippen MR) is 121 cm³/mol. The molecule has 0 radical (unpaired) electrons. The molecule has 0 saturated heterocycles. The minimum absolute atomic E-state index is 0.488. The smallest absolute Gasteiger partial charge is 0.140 e. The number of ether oxygens (including phenoxy) is 2. The molecule has 4 nitrogen and oxygen atoms in total. The highest BCUT2D eigenvalue weighted by atomic mass is 16.6. The Morgan fingerprint density at radius 2 is 1.39 bits per heavy atom. The minimum atomic E-state index is 0.488. The van der Waals surface area contributed by atoms with E-state index in [2.05, 4.69) is 51.9 Å². The van der Waals surface area contributed by atoms with Crippen LogP contribution in [0.2, 0.25) is 0 Å². The van der Waals surface area contributed by atoms with Crippen LogP contribution in [0.5, 0.6) is 0 Å². The monoisotopic (exact) mass is 395 g/mol. The highest BCUT2D eigenvalue weighted by Crippen LogP contribution is 2.11. The van der Waals surface area contributed by atoms with Crippen molar-refractivity contribution in [2.24, 2.45) is 11.1 Å². The van der Waals surface area contributed by atoms with Gasteiger partial charge in [-0.05, 0) is 65.2 Å². The van der Waals surface area contributed by atoms with Crippen molar-refractivity contribution in [1.82, 2.24) is 0 Å². The molecule has 0 unspecified atom stereocenters. The van der Waals surface area contributed by atoms with Crippen molar-refractivity contribution in [2.45, 2.75) is 86.5 Å². The zero-order chi connectivity index (χ0) is 21.0. The number of rotatable bonds is 18.